The summed E-state index contributed by atoms with van der Waals surface area (Å²) >= 11 is 0. The molecule has 2 aromatic carbocycles. The van der Waals surface area contributed by atoms with Gasteiger partial charge >= 0.3 is 0 Å². The fourth-order valence-corrected chi connectivity index (χ4v) is 2.81. The molecule has 0 saturated heterocycles. The number of nitrogens with zero attached hydrogens (tertiary/aromatic N) is 1. The molecular formula is C22H29NO3. The van der Waals surface area contributed by atoms with Crippen molar-refractivity contribution >= 4 is 5.78 Å². The van der Waals surface area contributed by atoms with Crippen LogP contribution in [0.1, 0.15) is 55.1 Å². The molecule has 0 radical (unpaired) electrons. The average Bonchev–Trinajstić information content (AvgIpc) is 2.67. The summed E-state index contributed by atoms with van der Waals surface area (Å²) in [6.45, 7) is 9.44. The van der Waals surface area contributed by atoms with Crippen molar-refractivity contribution in [3.8, 4) is 11.5 Å². The third-order valence-corrected chi connectivity index (χ3v) is 4.50. The lowest BCUT2D eigenvalue weighted by molar-refractivity contribution is 0.103. The zero-order chi connectivity index (χ0) is 18.9. The first-order chi connectivity index (χ1) is 12.6. The van der Waals surface area contributed by atoms with E-state index in [4.69, 9.17) is 4.74 Å². The maximum absolute atomic E-state index is 12.8. The molecule has 0 aliphatic rings. The minimum absolute atomic E-state index is 0.0337. The van der Waals surface area contributed by atoms with E-state index in [1.165, 1.54) is 0 Å². The first-order valence-electron chi connectivity index (χ1n) is 9.41. The zero-order valence-electron chi connectivity index (χ0n) is 16.0. The number of carbonyl (C=O) groups excluding carboxylic acids is 1. The number of ether oxygens (including phenoxy) is 1. The number of ketones is 1. The van der Waals surface area contributed by atoms with E-state index in [-0.39, 0.29) is 11.5 Å². The second kappa shape index (κ2) is 9.97. The Balaban J connectivity index is 2.38. The lowest BCUT2D eigenvalue weighted by Crippen LogP contribution is -2.23. The van der Waals surface area contributed by atoms with Crippen molar-refractivity contribution in [2.24, 2.45) is 0 Å². The molecule has 26 heavy (non-hydrogen) atoms. The van der Waals surface area contributed by atoms with Gasteiger partial charge in [-0.05, 0) is 25.6 Å². The van der Waals surface area contributed by atoms with Crippen LogP contribution in [0.2, 0.25) is 0 Å². The molecule has 0 fully saturated rings. The first-order valence-corrected chi connectivity index (χ1v) is 9.41. The van der Waals surface area contributed by atoms with Crippen LogP contribution in [0.25, 0.3) is 0 Å². The largest absolute Gasteiger partial charge is 0.507 e. The van der Waals surface area contributed by atoms with Crippen LogP contribution in [-0.4, -0.2) is 35.5 Å². The van der Waals surface area contributed by atoms with Crippen molar-refractivity contribution in [3.05, 3.63) is 59.2 Å². The third-order valence-electron chi connectivity index (χ3n) is 4.50. The molecule has 4 heteroatoms. The van der Waals surface area contributed by atoms with Crippen LogP contribution in [0, 0.1) is 0 Å². The van der Waals surface area contributed by atoms with Gasteiger partial charge in [-0.3, -0.25) is 9.69 Å². The number of phenols is 1. The normalized spacial score (nSPS) is 10.9. The fourth-order valence-electron chi connectivity index (χ4n) is 2.81. The Morgan fingerprint density at radius 1 is 1.08 bits per heavy atom. The molecule has 0 amide bonds. The van der Waals surface area contributed by atoms with Gasteiger partial charge in [0, 0.05) is 23.7 Å². The molecule has 0 saturated carbocycles. The first kappa shape index (κ1) is 20.0. The molecule has 0 aliphatic heterocycles. The van der Waals surface area contributed by atoms with Crippen LogP contribution in [0.5, 0.6) is 11.5 Å². The number of hydrogen-bond acceptors (Lipinski definition) is 4. The molecule has 0 bridgehead atoms. The SMILES string of the molecule is CCCCOc1cc(O)c(C(=O)c2ccccc2)cc1CN(CC)CC. The Labute approximate surface area is 156 Å². The summed E-state index contributed by atoms with van der Waals surface area (Å²) in [4.78, 5) is 15.1. The maximum atomic E-state index is 12.8. The van der Waals surface area contributed by atoms with Gasteiger partial charge in [-0.1, -0.05) is 57.5 Å². The van der Waals surface area contributed by atoms with Crippen molar-refractivity contribution < 1.29 is 14.6 Å². The number of benzene rings is 2. The summed E-state index contributed by atoms with van der Waals surface area (Å²) in [5.74, 6) is 0.449. The number of carbonyl (C=O) groups is 1. The number of aromatic hydroxyl groups is 1. The molecule has 2 rings (SSSR count). The summed E-state index contributed by atoms with van der Waals surface area (Å²) in [5, 5.41) is 10.4. The van der Waals surface area contributed by atoms with Gasteiger partial charge in [0.25, 0.3) is 0 Å². The monoisotopic (exact) mass is 355 g/mol. The Bertz CT molecular complexity index is 709. The Hall–Kier alpha value is -2.33. The van der Waals surface area contributed by atoms with E-state index in [1.807, 2.05) is 18.2 Å². The Morgan fingerprint density at radius 3 is 2.38 bits per heavy atom. The van der Waals surface area contributed by atoms with Crippen molar-refractivity contribution in [2.75, 3.05) is 19.7 Å². The summed E-state index contributed by atoms with van der Waals surface area (Å²) in [6.07, 6.45) is 2.00. The topological polar surface area (TPSA) is 49.8 Å². The minimum atomic E-state index is -0.177. The molecule has 1 N–H and O–H groups in total. The highest BCUT2D eigenvalue weighted by Crippen LogP contribution is 2.31. The van der Waals surface area contributed by atoms with Crippen molar-refractivity contribution in [2.45, 2.75) is 40.2 Å². The van der Waals surface area contributed by atoms with Crippen LogP contribution in [-0.2, 0) is 6.54 Å². The van der Waals surface area contributed by atoms with Crippen molar-refractivity contribution in [1.82, 2.24) is 4.90 Å². The van der Waals surface area contributed by atoms with Gasteiger partial charge in [0.15, 0.2) is 5.78 Å². The van der Waals surface area contributed by atoms with Crippen LogP contribution in [0.4, 0.5) is 0 Å². The number of phenolic OH excluding ortho intramolecular Hbond substituents is 1. The van der Waals surface area contributed by atoms with Gasteiger partial charge in [0.1, 0.15) is 11.5 Å². The predicted molar refractivity (Wildman–Crippen MR) is 105 cm³/mol. The molecule has 4 nitrogen and oxygen atoms in total. The van der Waals surface area contributed by atoms with Gasteiger partial charge in [-0.15, -0.1) is 0 Å². The van der Waals surface area contributed by atoms with E-state index in [2.05, 4.69) is 25.7 Å². The quantitative estimate of drug-likeness (QED) is 0.498. The molecule has 0 aliphatic carbocycles. The van der Waals surface area contributed by atoms with Crippen LogP contribution in [0.3, 0.4) is 0 Å². The average molecular weight is 355 g/mol. The summed E-state index contributed by atoms with van der Waals surface area (Å²) < 4.78 is 5.89. The molecule has 0 unspecified atom stereocenters. The zero-order valence-corrected chi connectivity index (χ0v) is 16.0. The highest BCUT2D eigenvalue weighted by atomic mass is 16.5. The molecule has 0 atom stereocenters. The summed E-state index contributed by atoms with van der Waals surface area (Å²) in [7, 11) is 0. The molecule has 0 spiro atoms. The molecule has 0 heterocycles. The Morgan fingerprint density at radius 2 is 1.77 bits per heavy atom. The van der Waals surface area contributed by atoms with E-state index in [0.717, 1.165) is 31.5 Å². The van der Waals surface area contributed by atoms with Crippen molar-refractivity contribution in [1.29, 1.82) is 0 Å². The smallest absolute Gasteiger partial charge is 0.196 e. The predicted octanol–water partition coefficient (Wildman–Crippen LogP) is 4.64. The second-order valence-electron chi connectivity index (χ2n) is 6.34. The third kappa shape index (κ3) is 5.09. The van der Waals surface area contributed by atoms with Gasteiger partial charge < -0.3 is 9.84 Å². The fraction of sp³-hybridized carbons (Fsp3) is 0.409. The standard InChI is InChI=1S/C22H29NO3/c1-4-7-13-26-21-15-20(24)19(14-18(21)16-23(5-2)6-3)22(25)17-11-9-8-10-12-17/h8-12,14-15,24H,4-7,13,16H2,1-3H3. The van der Waals surface area contributed by atoms with Crippen LogP contribution in [0.15, 0.2) is 42.5 Å². The number of unbranched alkanes of at least 4 members (excludes halogenated alkanes) is 1. The lowest BCUT2D eigenvalue weighted by atomic mass is 9.99. The van der Waals surface area contributed by atoms with Gasteiger partial charge in [0.05, 0.1) is 12.2 Å². The van der Waals surface area contributed by atoms with Crippen LogP contribution >= 0.6 is 0 Å². The van der Waals surface area contributed by atoms with Gasteiger partial charge in [-0.2, -0.15) is 0 Å². The van der Waals surface area contributed by atoms with E-state index >= 15 is 0 Å². The lowest BCUT2D eigenvalue weighted by Gasteiger charge is -2.21. The van der Waals surface area contributed by atoms with Crippen LogP contribution < -0.4 is 4.74 Å². The second-order valence-corrected chi connectivity index (χ2v) is 6.34. The van der Waals surface area contributed by atoms with E-state index in [1.54, 1.807) is 24.3 Å². The van der Waals surface area contributed by atoms with Gasteiger partial charge in [-0.25, -0.2) is 0 Å². The molecular weight excluding hydrogens is 326 g/mol. The maximum Gasteiger partial charge on any atom is 0.196 e. The molecule has 2 aromatic rings. The summed E-state index contributed by atoms with van der Waals surface area (Å²) in [6, 6.07) is 12.4. The highest BCUT2D eigenvalue weighted by Gasteiger charge is 2.18. The molecule has 0 aromatic heterocycles. The van der Waals surface area contributed by atoms with E-state index in [0.29, 0.717) is 30.0 Å². The number of rotatable bonds is 10. The van der Waals surface area contributed by atoms with E-state index in [9.17, 15) is 9.90 Å². The van der Waals surface area contributed by atoms with Crippen molar-refractivity contribution in [3.63, 3.8) is 0 Å². The minimum Gasteiger partial charge on any atom is -0.507 e. The van der Waals surface area contributed by atoms with Gasteiger partial charge in [0.2, 0.25) is 0 Å². The Kier molecular flexibility index (Phi) is 7.67. The molecule has 140 valence electrons. The highest BCUT2D eigenvalue weighted by molar-refractivity contribution is 6.10. The van der Waals surface area contributed by atoms with E-state index < -0.39 is 0 Å². The number of hydrogen-bond donors (Lipinski definition) is 1. The summed E-state index contributed by atoms with van der Waals surface area (Å²) in [5.41, 5.74) is 1.82.